The van der Waals surface area contributed by atoms with Crippen LogP contribution < -0.4 is 16.3 Å². The molecule has 2 aromatic heterocycles. The summed E-state index contributed by atoms with van der Waals surface area (Å²) in [5.74, 6) is 1.22. The third kappa shape index (κ3) is 4.18. The number of hydrogen-bond donors (Lipinski definition) is 4. The smallest absolute Gasteiger partial charge is 0.340 e. The predicted octanol–water partition coefficient (Wildman–Crippen LogP) is -0.000300. The maximum Gasteiger partial charge on any atom is 0.340 e. The molecule has 0 amide bonds. The van der Waals surface area contributed by atoms with Crippen LogP contribution in [0, 0.1) is 0 Å². The Kier molecular flexibility index (Phi) is 4.62. The van der Waals surface area contributed by atoms with Gasteiger partial charge in [-0.1, -0.05) is 6.92 Å². The van der Waals surface area contributed by atoms with Crippen LogP contribution in [0.5, 0.6) is 0 Å². The number of H-pyrrole nitrogens is 2. The highest BCUT2D eigenvalue weighted by atomic mass is 16.1. The van der Waals surface area contributed by atoms with Crippen molar-refractivity contribution in [1.29, 1.82) is 0 Å². The standard InChI is InChI=1S/C11H17N7O/c1-2-3-13-10-14-5-8(6-15-10)4-12-7-9-16-11(19)18-17-9/h5-6,12H,2-4,7H2,1H3,(H,13,14,15)(H2,16,17,18,19). The molecule has 0 spiro atoms. The van der Waals surface area contributed by atoms with Crippen molar-refractivity contribution in [2.24, 2.45) is 0 Å². The minimum absolute atomic E-state index is 0.300. The van der Waals surface area contributed by atoms with Gasteiger partial charge in [0.05, 0.1) is 6.54 Å². The monoisotopic (exact) mass is 263 g/mol. The summed E-state index contributed by atoms with van der Waals surface area (Å²) in [5, 5.41) is 12.4. The lowest BCUT2D eigenvalue weighted by Crippen LogP contribution is -2.15. The molecule has 2 rings (SSSR count). The lowest BCUT2D eigenvalue weighted by Gasteiger charge is -2.04. The number of hydrogen-bond acceptors (Lipinski definition) is 6. The van der Waals surface area contributed by atoms with E-state index in [0.717, 1.165) is 18.5 Å². The van der Waals surface area contributed by atoms with Crippen molar-refractivity contribution in [3.63, 3.8) is 0 Å². The molecule has 0 fully saturated rings. The van der Waals surface area contributed by atoms with Gasteiger partial charge >= 0.3 is 5.69 Å². The first-order valence-electron chi connectivity index (χ1n) is 6.17. The molecular weight excluding hydrogens is 246 g/mol. The summed E-state index contributed by atoms with van der Waals surface area (Å²) >= 11 is 0. The molecule has 0 aliphatic heterocycles. The van der Waals surface area contributed by atoms with Crippen LogP contribution in [-0.2, 0) is 13.1 Å². The van der Waals surface area contributed by atoms with Crippen LogP contribution in [-0.4, -0.2) is 31.7 Å². The largest absolute Gasteiger partial charge is 0.354 e. The van der Waals surface area contributed by atoms with E-state index >= 15 is 0 Å². The van der Waals surface area contributed by atoms with E-state index in [-0.39, 0.29) is 5.69 Å². The average molecular weight is 263 g/mol. The van der Waals surface area contributed by atoms with Crippen molar-refractivity contribution in [1.82, 2.24) is 30.5 Å². The number of aromatic amines is 2. The van der Waals surface area contributed by atoms with Gasteiger partial charge in [-0.15, -0.1) is 0 Å². The molecule has 2 aromatic rings. The fourth-order valence-electron chi connectivity index (χ4n) is 1.49. The summed E-state index contributed by atoms with van der Waals surface area (Å²) in [6.45, 7) is 4.05. The minimum Gasteiger partial charge on any atom is -0.354 e. The SMILES string of the molecule is CCCNc1ncc(CNCc2n[nH]c(=O)[nH]2)cn1. The Bertz CT molecular complexity index is 545. The zero-order valence-corrected chi connectivity index (χ0v) is 10.7. The summed E-state index contributed by atoms with van der Waals surface area (Å²) in [6.07, 6.45) is 4.57. The van der Waals surface area contributed by atoms with E-state index in [1.165, 1.54) is 0 Å². The van der Waals surface area contributed by atoms with E-state index < -0.39 is 0 Å². The molecule has 0 saturated carbocycles. The van der Waals surface area contributed by atoms with E-state index in [0.29, 0.717) is 24.9 Å². The number of nitrogens with one attached hydrogen (secondary N) is 4. The van der Waals surface area contributed by atoms with Crippen LogP contribution in [0.1, 0.15) is 24.7 Å². The van der Waals surface area contributed by atoms with Crippen LogP contribution in [0.2, 0.25) is 0 Å². The van der Waals surface area contributed by atoms with Crippen molar-refractivity contribution in [2.45, 2.75) is 26.4 Å². The van der Waals surface area contributed by atoms with Crippen molar-refractivity contribution in [2.75, 3.05) is 11.9 Å². The number of nitrogens with zero attached hydrogens (tertiary/aromatic N) is 3. The highest BCUT2D eigenvalue weighted by molar-refractivity contribution is 5.24. The first-order valence-corrected chi connectivity index (χ1v) is 6.17. The van der Waals surface area contributed by atoms with Crippen LogP contribution in [0.3, 0.4) is 0 Å². The third-order valence-electron chi connectivity index (χ3n) is 2.41. The molecule has 102 valence electrons. The van der Waals surface area contributed by atoms with Gasteiger partial charge in [0.1, 0.15) is 5.82 Å². The summed E-state index contributed by atoms with van der Waals surface area (Å²) in [5.41, 5.74) is 0.673. The Morgan fingerprint density at radius 2 is 2.05 bits per heavy atom. The molecule has 8 heteroatoms. The molecule has 0 aliphatic carbocycles. The van der Waals surface area contributed by atoms with Crippen LogP contribution in [0.15, 0.2) is 17.2 Å². The van der Waals surface area contributed by atoms with E-state index in [4.69, 9.17) is 0 Å². The van der Waals surface area contributed by atoms with Crippen LogP contribution in [0.25, 0.3) is 0 Å². The zero-order chi connectivity index (χ0) is 13.5. The summed E-state index contributed by atoms with van der Waals surface area (Å²) < 4.78 is 0. The maximum atomic E-state index is 10.8. The molecular formula is C11H17N7O. The van der Waals surface area contributed by atoms with E-state index in [2.05, 4.69) is 42.7 Å². The molecule has 8 nitrogen and oxygen atoms in total. The second-order valence-corrected chi connectivity index (χ2v) is 4.07. The van der Waals surface area contributed by atoms with Gasteiger partial charge in [-0.25, -0.2) is 19.9 Å². The maximum absolute atomic E-state index is 10.8. The normalized spacial score (nSPS) is 10.6. The van der Waals surface area contributed by atoms with E-state index in [9.17, 15) is 4.79 Å². The van der Waals surface area contributed by atoms with Gasteiger partial charge in [-0.2, -0.15) is 5.10 Å². The predicted molar refractivity (Wildman–Crippen MR) is 70.6 cm³/mol. The Hall–Kier alpha value is -2.22. The minimum atomic E-state index is -0.300. The number of aromatic nitrogens is 5. The lowest BCUT2D eigenvalue weighted by atomic mass is 10.3. The summed E-state index contributed by atoms with van der Waals surface area (Å²) in [4.78, 5) is 21.8. The molecule has 0 atom stereocenters. The number of anilines is 1. The Balaban J connectivity index is 1.78. The Morgan fingerprint density at radius 1 is 1.26 bits per heavy atom. The topological polar surface area (TPSA) is 111 Å². The second kappa shape index (κ2) is 6.64. The van der Waals surface area contributed by atoms with Crippen LogP contribution in [0.4, 0.5) is 5.95 Å². The average Bonchev–Trinajstić information content (AvgIpc) is 2.84. The van der Waals surface area contributed by atoms with Crippen molar-refractivity contribution >= 4 is 5.95 Å². The van der Waals surface area contributed by atoms with Gasteiger partial charge in [-0.05, 0) is 6.42 Å². The fourth-order valence-corrected chi connectivity index (χ4v) is 1.49. The van der Waals surface area contributed by atoms with E-state index in [1.54, 1.807) is 12.4 Å². The molecule has 0 aromatic carbocycles. The van der Waals surface area contributed by atoms with Gasteiger partial charge in [-0.3, -0.25) is 4.98 Å². The molecule has 0 aliphatic rings. The summed E-state index contributed by atoms with van der Waals surface area (Å²) in [7, 11) is 0. The van der Waals surface area contributed by atoms with Gasteiger partial charge in [0.15, 0.2) is 0 Å². The van der Waals surface area contributed by atoms with Gasteiger partial charge in [0.25, 0.3) is 0 Å². The third-order valence-corrected chi connectivity index (χ3v) is 2.41. The van der Waals surface area contributed by atoms with Gasteiger partial charge < -0.3 is 10.6 Å². The van der Waals surface area contributed by atoms with Crippen molar-refractivity contribution < 1.29 is 0 Å². The molecule has 0 saturated heterocycles. The quantitative estimate of drug-likeness (QED) is 0.559. The Morgan fingerprint density at radius 3 is 2.68 bits per heavy atom. The highest BCUT2D eigenvalue weighted by Crippen LogP contribution is 2.00. The highest BCUT2D eigenvalue weighted by Gasteiger charge is 1.99. The zero-order valence-electron chi connectivity index (χ0n) is 10.7. The van der Waals surface area contributed by atoms with Gasteiger partial charge in [0.2, 0.25) is 5.95 Å². The van der Waals surface area contributed by atoms with Crippen molar-refractivity contribution in [3.8, 4) is 0 Å². The molecule has 0 bridgehead atoms. The van der Waals surface area contributed by atoms with Gasteiger partial charge in [0, 0.05) is 31.0 Å². The Labute approximate surface area is 110 Å². The van der Waals surface area contributed by atoms with E-state index in [1.807, 2.05) is 0 Å². The second-order valence-electron chi connectivity index (χ2n) is 4.07. The molecule has 2 heterocycles. The molecule has 0 unspecified atom stereocenters. The molecule has 19 heavy (non-hydrogen) atoms. The molecule has 4 N–H and O–H groups in total. The first kappa shape index (κ1) is 13.2. The van der Waals surface area contributed by atoms with Crippen molar-refractivity contribution in [3.05, 3.63) is 34.3 Å². The fraction of sp³-hybridized carbons (Fsp3) is 0.455. The first-order chi connectivity index (χ1) is 9.28. The van der Waals surface area contributed by atoms with Crippen LogP contribution >= 0.6 is 0 Å². The lowest BCUT2D eigenvalue weighted by molar-refractivity contribution is 0.661. The molecule has 0 radical (unpaired) electrons. The number of rotatable bonds is 7. The summed E-state index contributed by atoms with van der Waals surface area (Å²) in [6, 6.07) is 0.